The summed E-state index contributed by atoms with van der Waals surface area (Å²) in [6, 6.07) is 6.24. The third-order valence-corrected chi connectivity index (χ3v) is 11.0. The summed E-state index contributed by atoms with van der Waals surface area (Å²) >= 11 is 0. The number of amides is 2. The average Bonchev–Trinajstić information content (AvgIpc) is 3.67. The van der Waals surface area contributed by atoms with E-state index in [0.29, 0.717) is 56.7 Å². The van der Waals surface area contributed by atoms with Crippen LogP contribution in [0, 0.1) is 17.8 Å². The number of methoxy groups -OCH3 is 1. The number of benzene rings is 1. The lowest BCUT2D eigenvalue weighted by Crippen LogP contribution is -2.62. The van der Waals surface area contributed by atoms with Gasteiger partial charge in [-0.05, 0) is 77.2 Å². The van der Waals surface area contributed by atoms with Gasteiger partial charge in [0.25, 0.3) is 0 Å². The third-order valence-electron chi connectivity index (χ3n) is 11.0. The maximum absolute atomic E-state index is 13.8. The van der Waals surface area contributed by atoms with Crippen LogP contribution in [0.2, 0.25) is 5.82 Å². The van der Waals surface area contributed by atoms with Crippen molar-refractivity contribution in [3.8, 4) is 11.3 Å². The molecule has 278 valence electrons. The Morgan fingerprint density at radius 1 is 1.12 bits per heavy atom. The molecule has 2 N–H and O–H groups in total. The van der Waals surface area contributed by atoms with Gasteiger partial charge in [-0.3, -0.25) is 24.0 Å². The molecule has 0 spiro atoms. The number of nitrogens with two attached hydrogens (primary N) is 1. The standard InChI is InChI=1S/C37H55BN6O7/c1-10-30-37(8)33(43(35(48)51-37)17-12-11-16-42-21-29(40-41-42)27-14-13-15-28(39)18-27)25(5)44(26(6)45)20-22(2)19-36(7,49-9)32(38)23(3)31(46)24(4)34(47)50-30/h13-15,18,21-25,30,32-33H,10-12,16-17,19-20,39H2,1-9H3/t22-,23+,24-,25-,30-,32-,33-,36-,37-/m1/s1. The third kappa shape index (κ3) is 8.42. The molecular formula is C37H55BN6O7. The second-order valence-electron chi connectivity index (χ2n) is 14.9. The van der Waals surface area contributed by atoms with Gasteiger partial charge < -0.3 is 24.8 Å². The number of nitrogen functional groups attached to an aromatic ring is 1. The zero-order valence-electron chi connectivity index (χ0n) is 31.6. The van der Waals surface area contributed by atoms with Crippen molar-refractivity contribution >= 4 is 37.3 Å². The van der Waals surface area contributed by atoms with Crippen molar-refractivity contribution in [1.82, 2.24) is 24.8 Å². The number of cyclic esters (lactones) is 1. The van der Waals surface area contributed by atoms with Crippen molar-refractivity contribution in [2.24, 2.45) is 17.8 Å². The van der Waals surface area contributed by atoms with Crippen LogP contribution >= 0.6 is 0 Å². The number of hydrogen-bond acceptors (Lipinski definition) is 10. The van der Waals surface area contributed by atoms with Crippen LogP contribution in [0.3, 0.4) is 0 Å². The van der Waals surface area contributed by atoms with E-state index < -0.39 is 59.1 Å². The lowest BCUT2D eigenvalue weighted by Gasteiger charge is -2.44. The van der Waals surface area contributed by atoms with E-state index in [0.717, 1.165) is 5.56 Å². The summed E-state index contributed by atoms with van der Waals surface area (Å²) in [6.07, 6.45) is 2.43. The first-order chi connectivity index (χ1) is 24.0. The fourth-order valence-electron chi connectivity index (χ4n) is 8.01. The van der Waals surface area contributed by atoms with Crippen LogP contribution in [0.25, 0.3) is 11.3 Å². The van der Waals surface area contributed by atoms with E-state index in [2.05, 4.69) is 10.3 Å². The average molecular weight is 707 g/mol. The van der Waals surface area contributed by atoms with Crippen LogP contribution in [0.15, 0.2) is 30.5 Å². The minimum Gasteiger partial charge on any atom is -0.458 e. The second kappa shape index (κ2) is 16.2. The van der Waals surface area contributed by atoms with Gasteiger partial charge in [0.05, 0.1) is 31.7 Å². The minimum absolute atomic E-state index is 0.102. The van der Waals surface area contributed by atoms with E-state index in [1.54, 1.807) is 35.4 Å². The Bertz CT molecular complexity index is 1570. The Balaban J connectivity index is 1.63. The molecule has 0 saturated carbocycles. The number of anilines is 1. The van der Waals surface area contributed by atoms with Gasteiger partial charge >= 0.3 is 12.1 Å². The number of aryl methyl sites for hydroxylation is 1. The number of Topliss-reactive ketones (excluding diaryl/α,β-unsaturated/α-hetero) is 1. The van der Waals surface area contributed by atoms with Gasteiger partial charge in [-0.1, -0.05) is 38.1 Å². The maximum Gasteiger partial charge on any atom is 0.410 e. The number of aromatic nitrogens is 3. The van der Waals surface area contributed by atoms with Crippen LogP contribution in [0.4, 0.5) is 10.5 Å². The van der Waals surface area contributed by atoms with Gasteiger partial charge in [0.2, 0.25) is 5.91 Å². The van der Waals surface area contributed by atoms with Crippen molar-refractivity contribution in [3.05, 3.63) is 30.5 Å². The molecule has 1 aromatic carbocycles. The number of ether oxygens (including phenoxy) is 3. The van der Waals surface area contributed by atoms with Crippen LogP contribution in [0.5, 0.6) is 0 Å². The number of esters is 1. The molecule has 13 nitrogen and oxygen atoms in total. The predicted octanol–water partition coefficient (Wildman–Crippen LogP) is 4.69. The molecule has 2 aliphatic heterocycles. The number of carbonyl (C=O) groups excluding carboxylic acids is 4. The molecule has 2 amide bonds. The van der Waals surface area contributed by atoms with E-state index in [1.807, 2.05) is 58.2 Å². The lowest BCUT2D eigenvalue weighted by atomic mass is 9.62. The molecular weight excluding hydrogens is 651 g/mol. The normalized spacial score (nSPS) is 32.5. The van der Waals surface area contributed by atoms with Crippen molar-refractivity contribution in [1.29, 1.82) is 0 Å². The summed E-state index contributed by atoms with van der Waals surface area (Å²) in [5.41, 5.74) is 5.90. The Kier molecular flexibility index (Phi) is 12.6. The van der Waals surface area contributed by atoms with E-state index in [1.165, 1.54) is 13.8 Å². The molecule has 2 fully saturated rings. The first kappa shape index (κ1) is 39.8. The van der Waals surface area contributed by atoms with E-state index in [4.69, 9.17) is 27.8 Å². The monoisotopic (exact) mass is 706 g/mol. The largest absolute Gasteiger partial charge is 0.458 e. The summed E-state index contributed by atoms with van der Waals surface area (Å²) in [6.45, 7) is 15.3. The van der Waals surface area contributed by atoms with E-state index in [-0.39, 0.29) is 17.6 Å². The van der Waals surface area contributed by atoms with Crippen molar-refractivity contribution in [3.63, 3.8) is 0 Å². The highest BCUT2D eigenvalue weighted by Crippen LogP contribution is 2.42. The van der Waals surface area contributed by atoms with Crippen LogP contribution < -0.4 is 5.73 Å². The van der Waals surface area contributed by atoms with Gasteiger partial charge in [0.15, 0.2) is 5.60 Å². The summed E-state index contributed by atoms with van der Waals surface area (Å²) in [5.74, 6) is -3.90. The Hall–Kier alpha value is -3.94. The van der Waals surface area contributed by atoms with Gasteiger partial charge in [-0.15, -0.1) is 5.10 Å². The molecule has 2 saturated heterocycles. The number of ketones is 1. The van der Waals surface area contributed by atoms with Crippen molar-refractivity contribution < 1.29 is 33.4 Å². The van der Waals surface area contributed by atoms with E-state index in [9.17, 15) is 19.2 Å². The lowest BCUT2D eigenvalue weighted by molar-refractivity contribution is -0.171. The summed E-state index contributed by atoms with van der Waals surface area (Å²) in [4.78, 5) is 57.8. The predicted molar refractivity (Wildman–Crippen MR) is 194 cm³/mol. The van der Waals surface area contributed by atoms with Gasteiger partial charge in [0.1, 0.15) is 23.5 Å². The molecule has 3 heterocycles. The molecule has 0 bridgehead atoms. The number of unbranched alkanes of at least 4 members (excludes halogenated alkanes) is 1. The van der Waals surface area contributed by atoms with Crippen LogP contribution in [-0.2, 0) is 35.1 Å². The van der Waals surface area contributed by atoms with Crippen LogP contribution in [-0.4, -0.2) is 106 Å². The number of hydrogen-bond donors (Lipinski definition) is 1. The van der Waals surface area contributed by atoms with Gasteiger partial charge in [-0.2, -0.15) is 0 Å². The fraction of sp³-hybridized carbons (Fsp3) is 0.676. The second-order valence-corrected chi connectivity index (χ2v) is 14.9. The van der Waals surface area contributed by atoms with Crippen molar-refractivity contribution in [2.75, 3.05) is 25.9 Å². The minimum atomic E-state index is -1.33. The highest BCUT2D eigenvalue weighted by molar-refractivity contribution is 6.15. The topological polar surface area (TPSA) is 159 Å². The Morgan fingerprint density at radius 3 is 2.43 bits per heavy atom. The fourth-order valence-corrected chi connectivity index (χ4v) is 8.01. The molecule has 51 heavy (non-hydrogen) atoms. The van der Waals surface area contributed by atoms with E-state index >= 15 is 0 Å². The number of fused-ring (bicyclic) bond motifs is 1. The first-order valence-electron chi connectivity index (χ1n) is 18.0. The molecule has 1 aromatic heterocycles. The first-order valence-corrected chi connectivity index (χ1v) is 18.0. The highest BCUT2D eigenvalue weighted by atomic mass is 16.6. The van der Waals surface area contributed by atoms with Gasteiger partial charge in [-0.25, -0.2) is 4.79 Å². The maximum atomic E-state index is 13.8. The zero-order chi connectivity index (χ0) is 37.8. The Labute approximate surface area is 303 Å². The molecule has 0 unspecified atom stereocenters. The Morgan fingerprint density at radius 2 is 1.80 bits per heavy atom. The molecule has 14 heteroatoms. The SMILES string of the molecule is [B][C@@H]1[C@@H](C)C(=O)[C@@H](C)C(=O)O[C@H](CC)[C@@]2(C)OC(=O)N(CCCCn3cc(-c4cccc(N)c4)nn3)[C@@H]2[C@@H](C)N(C(C)=O)C[C@H](C)C[C@@]1(C)OC. The van der Waals surface area contributed by atoms with Gasteiger partial charge in [0, 0.05) is 50.8 Å². The number of carbonyl (C=O) groups is 4. The molecule has 2 aliphatic rings. The van der Waals surface area contributed by atoms with Crippen molar-refractivity contribution in [2.45, 2.75) is 123 Å². The number of rotatable bonds is 8. The zero-order valence-corrected chi connectivity index (χ0v) is 31.6. The molecule has 4 rings (SSSR count). The quantitative estimate of drug-likeness (QED) is 0.134. The smallest absolute Gasteiger partial charge is 0.410 e. The molecule has 2 aromatic rings. The highest BCUT2D eigenvalue weighted by Gasteiger charge is 2.59. The van der Waals surface area contributed by atoms with Crippen LogP contribution in [0.1, 0.15) is 81.1 Å². The molecule has 9 atom stereocenters. The summed E-state index contributed by atoms with van der Waals surface area (Å²) < 4.78 is 19.9. The molecule has 2 radical (unpaired) electrons. The summed E-state index contributed by atoms with van der Waals surface area (Å²) in [5, 5.41) is 8.55. The summed E-state index contributed by atoms with van der Waals surface area (Å²) in [7, 11) is 8.24. The molecule has 0 aliphatic carbocycles. The number of nitrogens with zero attached hydrogens (tertiary/aromatic N) is 5.